The maximum Gasteiger partial charge on any atom is 0.488 e. The third kappa shape index (κ3) is 3.25. The van der Waals surface area contributed by atoms with E-state index in [1.807, 2.05) is 0 Å². The zero-order valence-corrected chi connectivity index (χ0v) is 11.8. The van der Waals surface area contributed by atoms with Gasteiger partial charge in [0.25, 0.3) is 10.9 Å². The van der Waals surface area contributed by atoms with Crippen LogP contribution < -0.4 is 15.1 Å². The van der Waals surface area contributed by atoms with Crippen molar-refractivity contribution in [2.45, 2.75) is 13.2 Å². The van der Waals surface area contributed by atoms with Crippen LogP contribution >= 0.6 is 0 Å². The van der Waals surface area contributed by atoms with Gasteiger partial charge in [0.05, 0.1) is 12.3 Å². The molecule has 0 saturated carbocycles. The minimum Gasteiger partial charge on any atom is -0.423 e. The van der Waals surface area contributed by atoms with Crippen molar-refractivity contribution < 1.29 is 23.2 Å². The van der Waals surface area contributed by atoms with Gasteiger partial charge in [0.2, 0.25) is 0 Å². The highest BCUT2D eigenvalue weighted by Crippen LogP contribution is 2.18. The van der Waals surface area contributed by atoms with E-state index in [1.54, 1.807) is 19.1 Å². The van der Waals surface area contributed by atoms with E-state index in [-0.39, 0.29) is 5.46 Å². The Bertz CT molecular complexity index is 538. The van der Waals surface area contributed by atoms with Gasteiger partial charge in [-0.25, -0.2) is 4.31 Å². The van der Waals surface area contributed by atoms with Gasteiger partial charge in [0, 0.05) is 13.1 Å². The Morgan fingerprint density at radius 2 is 2.20 bits per heavy atom. The SMILES string of the molecule is Cc1ccc(N(C2CNCCO2)[S](=O)=O)cc1B(O)O. The van der Waals surface area contributed by atoms with Crippen molar-refractivity contribution in [2.75, 3.05) is 24.0 Å². The summed E-state index contributed by atoms with van der Waals surface area (Å²) in [4.78, 5) is 0. The van der Waals surface area contributed by atoms with Crippen LogP contribution in [0.15, 0.2) is 18.2 Å². The first-order valence-corrected chi connectivity index (χ1v) is 7.21. The molecule has 7 nitrogen and oxygen atoms in total. The van der Waals surface area contributed by atoms with Gasteiger partial charge in [-0.05, 0) is 24.5 Å². The maximum absolute atomic E-state index is 11.5. The molecule has 20 heavy (non-hydrogen) atoms. The van der Waals surface area contributed by atoms with Crippen LogP contribution in [0.1, 0.15) is 5.56 Å². The lowest BCUT2D eigenvalue weighted by atomic mass is 9.77. The molecule has 1 unspecified atom stereocenters. The molecular formula is C11H16BN2O5S. The van der Waals surface area contributed by atoms with Crippen LogP contribution in [0.5, 0.6) is 0 Å². The Labute approximate surface area is 119 Å². The summed E-state index contributed by atoms with van der Waals surface area (Å²) in [5.74, 6) is 0. The number of morpholine rings is 1. The molecule has 1 atom stereocenters. The van der Waals surface area contributed by atoms with E-state index in [0.29, 0.717) is 30.9 Å². The Morgan fingerprint density at radius 3 is 2.75 bits per heavy atom. The third-order valence-corrected chi connectivity index (χ3v) is 3.89. The molecule has 3 N–H and O–H groups in total. The number of nitrogens with one attached hydrogen (secondary N) is 1. The first-order valence-electron chi connectivity index (χ1n) is 6.18. The summed E-state index contributed by atoms with van der Waals surface area (Å²) in [5, 5.41) is 21.6. The van der Waals surface area contributed by atoms with Crippen molar-refractivity contribution in [1.29, 1.82) is 0 Å². The Morgan fingerprint density at radius 1 is 1.45 bits per heavy atom. The molecule has 109 valence electrons. The van der Waals surface area contributed by atoms with Crippen LogP contribution in [0.3, 0.4) is 0 Å². The number of ether oxygens (including phenoxy) is 1. The summed E-state index contributed by atoms with van der Waals surface area (Å²) in [7, 11) is -4.18. The topological polar surface area (TPSA) is 99.1 Å². The molecule has 9 heteroatoms. The second kappa shape index (κ2) is 6.46. The fourth-order valence-electron chi connectivity index (χ4n) is 2.09. The fourth-order valence-corrected chi connectivity index (χ4v) is 2.71. The first kappa shape index (κ1) is 15.1. The second-order valence-electron chi connectivity index (χ2n) is 4.49. The van der Waals surface area contributed by atoms with Crippen molar-refractivity contribution in [1.82, 2.24) is 5.32 Å². The highest BCUT2D eigenvalue weighted by Gasteiger charge is 2.27. The predicted molar refractivity (Wildman–Crippen MR) is 75.0 cm³/mol. The molecule has 0 spiro atoms. The van der Waals surface area contributed by atoms with E-state index in [4.69, 9.17) is 4.74 Å². The van der Waals surface area contributed by atoms with E-state index in [0.717, 1.165) is 4.31 Å². The molecule has 1 aromatic carbocycles. The molecule has 1 aliphatic heterocycles. The summed E-state index contributed by atoms with van der Waals surface area (Å²) in [5.41, 5.74) is 1.27. The van der Waals surface area contributed by atoms with E-state index < -0.39 is 24.2 Å². The van der Waals surface area contributed by atoms with Gasteiger partial charge in [0.15, 0.2) is 6.23 Å². The summed E-state index contributed by atoms with van der Waals surface area (Å²) >= 11 is 0. The molecule has 0 aromatic heterocycles. The highest BCUT2D eigenvalue weighted by atomic mass is 32.2. The molecule has 0 bridgehead atoms. The number of hydrogen-bond acceptors (Lipinski definition) is 6. The smallest absolute Gasteiger partial charge is 0.423 e. The van der Waals surface area contributed by atoms with Gasteiger partial charge in [0.1, 0.15) is 0 Å². The van der Waals surface area contributed by atoms with Gasteiger partial charge >= 0.3 is 7.12 Å². The molecule has 1 saturated heterocycles. The van der Waals surface area contributed by atoms with Crippen LogP contribution in [0.4, 0.5) is 5.69 Å². The summed E-state index contributed by atoms with van der Waals surface area (Å²) in [6.07, 6.45) is -0.645. The zero-order valence-electron chi connectivity index (χ0n) is 11.0. The Balaban J connectivity index is 2.36. The van der Waals surface area contributed by atoms with Crippen LogP contribution in [-0.4, -0.2) is 51.5 Å². The number of aryl methyl sites for hydroxylation is 1. The Kier molecular flexibility index (Phi) is 4.89. The predicted octanol–water partition coefficient (Wildman–Crippen LogP) is -1.78. The molecule has 1 aromatic rings. The quantitative estimate of drug-likeness (QED) is 0.569. The number of rotatable bonds is 4. The standard InChI is InChI=1S/C11H16BN2O5S/c1-8-2-3-9(6-10(8)12(15)16)14(20(17)18)11-7-13-4-5-19-11/h2-3,6,11,13,15-16H,4-5,7H2,1H3. The average Bonchev–Trinajstić information content (AvgIpc) is 2.41. The van der Waals surface area contributed by atoms with Crippen molar-refractivity contribution in [3.05, 3.63) is 23.8 Å². The maximum atomic E-state index is 11.5. The molecule has 1 heterocycles. The monoisotopic (exact) mass is 299 g/mol. The highest BCUT2D eigenvalue weighted by molar-refractivity contribution is 7.74. The van der Waals surface area contributed by atoms with Gasteiger partial charge in [-0.1, -0.05) is 11.6 Å². The lowest BCUT2D eigenvalue weighted by Gasteiger charge is -2.30. The van der Waals surface area contributed by atoms with Crippen molar-refractivity contribution >= 4 is 29.2 Å². The molecule has 1 aliphatic rings. The van der Waals surface area contributed by atoms with Gasteiger partial charge in [-0.2, -0.15) is 8.42 Å². The van der Waals surface area contributed by atoms with Crippen LogP contribution in [-0.2, 0) is 15.6 Å². The van der Waals surface area contributed by atoms with E-state index in [2.05, 4.69) is 5.32 Å². The van der Waals surface area contributed by atoms with E-state index in [1.165, 1.54) is 6.07 Å². The Hall–Kier alpha value is -1.26. The number of hydrogen-bond donors (Lipinski definition) is 3. The minimum atomic E-state index is -2.52. The van der Waals surface area contributed by atoms with Crippen LogP contribution in [0.25, 0.3) is 0 Å². The molecule has 0 amide bonds. The fraction of sp³-hybridized carbons (Fsp3) is 0.455. The lowest BCUT2D eigenvalue weighted by molar-refractivity contribution is 0.0370. The number of anilines is 1. The first-order chi connectivity index (χ1) is 9.50. The van der Waals surface area contributed by atoms with Gasteiger partial charge in [-0.3, -0.25) is 0 Å². The zero-order chi connectivity index (χ0) is 14.7. The van der Waals surface area contributed by atoms with Crippen LogP contribution in [0, 0.1) is 6.92 Å². The molecular weight excluding hydrogens is 283 g/mol. The van der Waals surface area contributed by atoms with E-state index in [9.17, 15) is 18.5 Å². The van der Waals surface area contributed by atoms with Crippen LogP contribution in [0.2, 0.25) is 0 Å². The van der Waals surface area contributed by atoms with Gasteiger partial charge < -0.3 is 20.1 Å². The summed E-state index contributed by atoms with van der Waals surface area (Å²) in [6, 6.07) is 4.68. The normalized spacial score (nSPS) is 18.6. The third-order valence-electron chi connectivity index (χ3n) is 3.13. The average molecular weight is 299 g/mol. The minimum absolute atomic E-state index is 0.265. The molecule has 0 aliphatic carbocycles. The molecule has 1 radical (unpaired) electrons. The van der Waals surface area contributed by atoms with Crippen molar-refractivity contribution in [2.24, 2.45) is 0 Å². The molecule has 1 fully saturated rings. The van der Waals surface area contributed by atoms with Crippen molar-refractivity contribution in [3.8, 4) is 0 Å². The van der Waals surface area contributed by atoms with E-state index >= 15 is 0 Å². The summed E-state index contributed by atoms with van der Waals surface area (Å²) < 4.78 is 29.4. The van der Waals surface area contributed by atoms with Crippen molar-refractivity contribution in [3.63, 3.8) is 0 Å². The van der Waals surface area contributed by atoms with Gasteiger partial charge in [-0.15, -0.1) is 0 Å². The summed E-state index contributed by atoms with van der Waals surface area (Å²) in [6.45, 7) is 3.18. The number of benzene rings is 1. The largest absolute Gasteiger partial charge is 0.488 e. The molecule has 2 rings (SSSR count). The second-order valence-corrected chi connectivity index (χ2v) is 5.31. The lowest BCUT2D eigenvalue weighted by Crippen LogP contribution is -2.49. The number of nitrogens with zero attached hydrogens (tertiary/aromatic N) is 1.